The van der Waals surface area contributed by atoms with Crippen LogP contribution in [0.5, 0.6) is 0 Å². The average Bonchev–Trinajstić information content (AvgIpc) is 3.19. The summed E-state index contributed by atoms with van der Waals surface area (Å²) in [6, 6.07) is -2.29. The van der Waals surface area contributed by atoms with E-state index in [0.29, 0.717) is 5.06 Å². The third kappa shape index (κ3) is 6.03. The van der Waals surface area contributed by atoms with Crippen molar-refractivity contribution in [3.63, 3.8) is 0 Å². The molecule has 0 radical (unpaired) electrons. The number of anilines is 1. The third-order valence-corrected chi connectivity index (χ3v) is 6.07. The number of carboxylic acids is 1. The number of aliphatic hydroxyl groups is 3. The van der Waals surface area contributed by atoms with E-state index in [-0.39, 0.29) is 41.5 Å². The quantitative estimate of drug-likeness (QED) is 0.120. The molecule has 1 saturated heterocycles. The molecule has 14 nitrogen and oxygen atoms in total. The van der Waals surface area contributed by atoms with Crippen LogP contribution in [0.4, 0.5) is 5.13 Å². The predicted octanol–water partition coefficient (Wildman–Crippen LogP) is -1.20. The molecule has 9 N–H and O–H groups in total. The number of thiazole rings is 1. The molecule has 1 amide bonds. The second-order valence-electron chi connectivity index (χ2n) is 7.78. The van der Waals surface area contributed by atoms with Crippen molar-refractivity contribution in [2.75, 3.05) is 12.3 Å². The minimum absolute atomic E-state index is 0.0295. The minimum Gasteiger partial charge on any atom is -0.508 e. The molecule has 0 aliphatic carbocycles. The lowest BCUT2D eigenvalue weighted by atomic mass is 9.45. The van der Waals surface area contributed by atoms with Crippen LogP contribution in [0.3, 0.4) is 0 Å². The number of hydrogen-bond donors (Lipinski definition) is 8. The SMILES string of the molecule is Nc1nc(/C(=N/OCC2=C[C@@H](O)C(O)=CN2O)C(=O)N[C@@H]2CC[C@H](CC(=O)O)B(O)[C@H]2O)cs1. The molecule has 184 valence electrons. The fraction of sp³-hybridized carbons (Fsp3) is 0.444. The average molecular weight is 497 g/mol. The number of amides is 1. The molecule has 0 saturated carbocycles. The van der Waals surface area contributed by atoms with Crippen LogP contribution in [0, 0.1) is 0 Å². The van der Waals surface area contributed by atoms with E-state index < -0.39 is 55.1 Å². The molecule has 0 unspecified atom stereocenters. The van der Waals surface area contributed by atoms with Crippen LogP contribution in [0.2, 0.25) is 5.82 Å². The van der Waals surface area contributed by atoms with E-state index in [2.05, 4.69) is 15.5 Å². The number of oxime groups is 1. The molecule has 1 aromatic rings. The zero-order chi connectivity index (χ0) is 25.0. The molecule has 0 aromatic carbocycles. The molecule has 1 fully saturated rings. The van der Waals surface area contributed by atoms with Gasteiger partial charge in [0.05, 0.1) is 23.9 Å². The topological polar surface area (TPSA) is 231 Å². The maximum absolute atomic E-state index is 12.9. The first-order chi connectivity index (χ1) is 16.1. The van der Waals surface area contributed by atoms with Crippen molar-refractivity contribution < 1.29 is 45.1 Å². The minimum atomic E-state index is -1.40. The number of carbonyl (C=O) groups is 2. The monoisotopic (exact) mass is 497 g/mol. The van der Waals surface area contributed by atoms with Crippen molar-refractivity contribution in [3.8, 4) is 0 Å². The summed E-state index contributed by atoms with van der Waals surface area (Å²) < 4.78 is 0. The van der Waals surface area contributed by atoms with Gasteiger partial charge in [0.15, 0.2) is 17.5 Å². The van der Waals surface area contributed by atoms with Crippen molar-refractivity contribution >= 4 is 41.0 Å². The van der Waals surface area contributed by atoms with Gasteiger partial charge >= 0.3 is 12.9 Å². The Hall–Kier alpha value is -3.18. The number of nitrogen functional groups attached to an aromatic ring is 1. The second kappa shape index (κ2) is 10.8. The Bertz CT molecular complexity index is 1020. The van der Waals surface area contributed by atoms with Gasteiger partial charge in [-0.1, -0.05) is 11.6 Å². The number of carboxylic acid groups (broad SMARTS) is 1. The fourth-order valence-electron chi connectivity index (χ4n) is 3.60. The molecule has 2 aliphatic heterocycles. The van der Waals surface area contributed by atoms with E-state index in [0.717, 1.165) is 23.6 Å². The van der Waals surface area contributed by atoms with Crippen LogP contribution in [-0.4, -0.2) is 90.0 Å². The van der Waals surface area contributed by atoms with Crippen molar-refractivity contribution in [1.29, 1.82) is 0 Å². The van der Waals surface area contributed by atoms with Crippen LogP contribution in [-0.2, 0) is 14.4 Å². The normalized spacial score (nSPS) is 25.5. The van der Waals surface area contributed by atoms with Gasteiger partial charge in [-0.05, 0) is 18.3 Å². The van der Waals surface area contributed by atoms with Crippen molar-refractivity contribution in [2.24, 2.45) is 5.16 Å². The van der Waals surface area contributed by atoms with Crippen molar-refractivity contribution in [1.82, 2.24) is 15.4 Å². The van der Waals surface area contributed by atoms with Gasteiger partial charge in [0.25, 0.3) is 5.91 Å². The Balaban J connectivity index is 1.71. The first-order valence-electron chi connectivity index (χ1n) is 10.1. The number of hydrogen-bond acceptors (Lipinski definition) is 13. The Kier molecular flexibility index (Phi) is 8.11. The van der Waals surface area contributed by atoms with E-state index in [4.69, 9.17) is 15.7 Å². The van der Waals surface area contributed by atoms with Crippen LogP contribution >= 0.6 is 11.3 Å². The Morgan fingerprint density at radius 3 is 2.76 bits per heavy atom. The number of carbonyl (C=O) groups excluding carboxylic acids is 1. The lowest BCUT2D eigenvalue weighted by molar-refractivity contribution is -0.137. The van der Waals surface area contributed by atoms with E-state index in [9.17, 15) is 35.1 Å². The third-order valence-electron chi connectivity index (χ3n) is 5.40. The second-order valence-corrected chi connectivity index (χ2v) is 8.67. The number of aliphatic hydroxyl groups excluding tert-OH is 3. The first kappa shape index (κ1) is 25.4. The number of aromatic nitrogens is 1. The van der Waals surface area contributed by atoms with Gasteiger partial charge in [0.1, 0.15) is 17.6 Å². The fourth-order valence-corrected chi connectivity index (χ4v) is 4.15. The van der Waals surface area contributed by atoms with Crippen molar-refractivity contribution in [3.05, 3.63) is 34.8 Å². The number of aliphatic carboxylic acids is 1. The Labute approximate surface area is 197 Å². The van der Waals surface area contributed by atoms with Gasteiger partial charge in [-0.2, -0.15) is 0 Å². The van der Waals surface area contributed by atoms with Crippen LogP contribution in [0.25, 0.3) is 0 Å². The maximum atomic E-state index is 12.9. The largest absolute Gasteiger partial charge is 0.508 e. The Morgan fingerprint density at radius 1 is 1.38 bits per heavy atom. The van der Waals surface area contributed by atoms with Crippen LogP contribution in [0.15, 0.2) is 34.3 Å². The molecule has 16 heteroatoms. The highest BCUT2D eigenvalue weighted by molar-refractivity contribution is 7.13. The number of nitrogens with zero attached hydrogens (tertiary/aromatic N) is 3. The first-order valence-corrected chi connectivity index (χ1v) is 11.0. The molecule has 3 rings (SSSR count). The number of nitrogens with two attached hydrogens (primary N) is 1. The van der Waals surface area contributed by atoms with Crippen LogP contribution in [0.1, 0.15) is 25.0 Å². The molecular weight excluding hydrogens is 473 g/mol. The van der Waals surface area contributed by atoms with E-state index in [1.54, 1.807) is 0 Å². The highest BCUT2D eigenvalue weighted by atomic mass is 32.1. The summed E-state index contributed by atoms with van der Waals surface area (Å²) in [5.74, 6) is -3.02. The number of hydroxylamine groups is 2. The standard InChI is InChI=1S/C18H24BN5O9S/c20-18-22-11(7-34-18)15(23-33-6-9-4-12(25)13(26)5-24(9)32)17(30)21-10-2-1-8(3-14(27)28)19(31)16(10)29/h4-5,7-8,10,12,16,25-26,29,31-32H,1-3,6H2,(H2,20,22)(H,21,30)(H,27,28)/b23-15-/t8-,10-,12-,16+/m1/s1. The smallest absolute Gasteiger partial charge is 0.324 e. The lowest BCUT2D eigenvalue weighted by Gasteiger charge is -2.35. The van der Waals surface area contributed by atoms with Crippen LogP contribution < -0.4 is 11.1 Å². The number of rotatable bonds is 8. The van der Waals surface area contributed by atoms with E-state index >= 15 is 0 Å². The van der Waals surface area contributed by atoms with Gasteiger partial charge in [-0.15, -0.1) is 11.3 Å². The highest BCUT2D eigenvalue weighted by Gasteiger charge is 2.43. The van der Waals surface area contributed by atoms with Gasteiger partial charge in [0.2, 0.25) is 0 Å². The molecule has 0 spiro atoms. The van der Waals surface area contributed by atoms with Gasteiger partial charge in [0, 0.05) is 11.8 Å². The molecule has 0 bridgehead atoms. The lowest BCUT2D eigenvalue weighted by Crippen LogP contribution is -2.56. The Morgan fingerprint density at radius 2 is 2.12 bits per heavy atom. The number of nitrogens with one attached hydrogen (secondary N) is 1. The zero-order valence-electron chi connectivity index (χ0n) is 17.7. The summed E-state index contributed by atoms with van der Waals surface area (Å²) in [4.78, 5) is 33.0. The molecule has 34 heavy (non-hydrogen) atoms. The summed E-state index contributed by atoms with van der Waals surface area (Å²) in [6.45, 7) is -1.73. The molecule has 1 aromatic heterocycles. The van der Waals surface area contributed by atoms with E-state index in [1.807, 2.05) is 0 Å². The summed E-state index contributed by atoms with van der Waals surface area (Å²) >= 11 is 1.04. The van der Waals surface area contributed by atoms with Gasteiger partial charge < -0.3 is 41.3 Å². The summed E-state index contributed by atoms with van der Waals surface area (Å²) in [5.41, 5.74) is 5.44. The maximum Gasteiger partial charge on any atom is 0.324 e. The summed E-state index contributed by atoms with van der Waals surface area (Å²) in [6.07, 6.45) is 0.808. The van der Waals surface area contributed by atoms with Gasteiger partial charge in [-0.25, -0.2) is 10.0 Å². The molecular formula is C18H24BN5O9S. The predicted molar refractivity (Wildman–Crippen MR) is 119 cm³/mol. The molecule has 4 atom stereocenters. The molecule has 2 aliphatic rings. The van der Waals surface area contributed by atoms with E-state index in [1.165, 1.54) is 5.38 Å². The molecule has 3 heterocycles. The highest BCUT2D eigenvalue weighted by Crippen LogP contribution is 2.30. The zero-order valence-corrected chi connectivity index (χ0v) is 18.5. The summed E-state index contributed by atoms with van der Waals surface area (Å²) in [7, 11) is 0. The summed E-state index contributed by atoms with van der Waals surface area (Å²) in [5, 5.41) is 66.9. The van der Waals surface area contributed by atoms with Gasteiger partial charge in [-0.3, -0.25) is 14.8 Å². The van der Waals surface area contributed by atoms with Crippen molar-refractivity contribution in [2.45, 2.75) is 43.2 Å².